The summed E-state index contributed by atoms with van der Waals surface area (Å²) in [6, 6.07) is 98.9. The van der Waals surface area contributed by atoms with E-state index in [-0.39, 0.29) is 0 Å². The molecule has 0 aliphatic heterocycles. The summed E-state index contributed by atoms with van der Waals surface area (Å²) in [6.45, 7) is 0. The molecule has 1 heteroatoms. The largest absolute Gasteiger partial charge is 0.310 e. The third-order valence-electron chi connectivity index (χ3n) is 12.5. The Hall–Kier alpha value is -8.52. The summed E-state index contributed by atoms with van der Waals surface area (Å²) in [6.07, 6.45) is 0. The zero-order valence-electron chi connectivity index (χ0n) is 35.9. The molecule has 0 fully saturated rings. The Morgan fingerprint density at radius 1 is 0.200 bits per heavy atom. The predicted molar refractivity (Wildman–Crippen MR) is 277 cm³/mol. The van der Waals surface area contributed by atoms with Crippen LogP contribution < -0.4 is 4.90 Å². The summed E-state index contributed by atoms with van der Waals surface area (Å²) in [5.74, 6) is 0. The molecule has 0 aromatic heterocycles. The van der Waals surface area contributed by atoms with Gasteiger partial charge >= 0.3 is 0 Å². The van der Waals surface area contributed by atoms with Crippen molar-refractivity contribution in [3.05, 3.63) is 273 Å². The fourth-order valence-corrected chi connectivity index (χ4v) is 9.30. The SMILES string of the molecule is c1ccc(-c2ccc(-c3ccc(N(c4cccc(-c5cccc6ccccc56)c4)c4ccccc4-c4ccccc4-c4ccc(-c5ccccc5)cc4-c4ccccc4)cc3)cc2)cc1. The molecule has 0 saturated carbocycles. The number of para-hydroxylation sites is 1. The molecule has 11 aromatic carbocycles. The van der Waals surface area contributed by atoms with Gasteiger partial charge in [0.15, 0.2) is 0 Å². The van der Waals surface area contributed by atoms with E-state index in [0.717, 1.165) is 28.2 Å². The van der Waals surface area contributed by atoms with E-state index < -0.39 is 0 Å². The molecular formula is C64H45N. The fourth-order valence-electron chi connectivity index (χ4n) is 9.30. The molecule has 306 valence electrons. The van der Waals surface area contributed by atoms with Crippen molar-refractivity contribution in [2.45, 2.75) is 0 Å². The maximum Gasteiger partial charge on any atom is 0.0540 e. The molecule has 0 aliphatic carbocycles. The van der Waals surface area contributed by atoms with E-state index in [2.05, 4.69) is 278 Å². The van der Waals surface area contributed by atoms with Crippen molar-refractivity contribution >= 4 is 27.8 Å². The molecule has 0 radical (unpaired) electrons. The van der Waals surface area contributed by atoms with Gasteiger partial charge in [0.25, 0.3) is 0 Å². The smallest absolute Gasteiger partial charge is 0.0540 e. The molecule has 11 aromatic rings. The lowest BCUT2D eigenvalue weighted by Gasteiger charge is -2.29. The van der Waals surface area contributed by atoms with Crippen LogP contribution in [-0.2, 0) is 0 Å². The van der Waals surface area contributed by atoms with Gasteiger partial charge in [0, 0.05) is 16.9 Å². The molecule has 0 saturated heterocycles. The lowest BCUT2D eigenvalue weighted by molar-refractivity contribution is 1.28. The zero-order valence-corrected chi connectivity index (χ0v) is 35.9. The van der Waals surface area contributed by atoms with E-state index in [1.54, 1.807) is 0 Å². The lowest BCUT2D eigenvalue weighted by Crippen LogP contribution is -2.11. The van der Waals surface area contributed by atoms with Crippen LogP contribution in [0.1, 0.15) is 0 Å². The molecule has 1 nitrogen and oxygen atoms in total. The molecule has 0 atom stereocenters. The Labute approximate surface area is 381 Å². The van der Waals surface area contributed by atoms with E-state index in [1.807, 2.05) is 0 Å². The van der Waals surface area contributed by atoms with Gasteiger partial charge in [0.05, 0.1) is 5.69 Å². The molecular weight excluding hydrogens is 783 g/mol. The zero-order chi connectivity index (χ0) is 43.4. The minimum absolute atomic E-state index is 1.08. The average molecular weight is 828 g/mol. The van der Waals surface area contributed by atoms with Gasteiger partial charge in [-0.25, -0.2) is 0 Å². The van der Waals surface area contributed by atoms with Crippen molar-refractivity contribution in [3.63, 3.8) is 0 Å². The standard InChI is InChI=1S/C64H45N/c1-4-18-46(19-5-1)48-34-36-49(37-35-48)50-38-41-55(42-39-50)65(56-27-16-26-54(44-56)58-32-17-25-51-24-10-11-28-57(51)58)64-33-15-14-31-62(64)60-30-13-12-29-59(60)61-43-40-53(47-20-6-2-7-21-47)45-63(61)52-22-8-3-9-23-52/h1-45H. The van der Waals surface area contributed by atoms with Crippen molar-refractivity contribution in [2.75, 3.05) is 4.90 Å². The molecule has 0 bridgehead atoms. The second-order valence-corrected chi connectivity index (χ2v) is 16.5. The number of anilines is 3. The average Bonchev–Trinajstić information content (AvgIpc) is 3.40. The molecule has 0 spiro atoms. The molecule has 65 heavy (non-hydrogen) atoms. The Morgan fingerprint density at radius 3 is 1.31 bits per heavy atom. The summed E-state index contributed by atoms with van der Waals surface area (Å²) < 4.78 is 0. The van der Waals surface area contributed by atoms with E-state index in [1.165, 1.54) is 77.5 Å². The second-order valence-electron chi connectivity index (χ2n) is 16.5. The molecule has 0 N–H and O–H groups in total. The van der Waals surface area contributed by atoms with E-state index in [4.69, 9.17) is 0 Å². The van der Waals surface area contributed by atoms with E-state index in [0.29, 0.717) is 0 Å². The second kappa shape index (κ2) is 17.7. The van der Waals surface area contributed by atoms with Gasteiger partial charge in [0.2, 0.25) is 0 Å². The van der Waals surface area contributed by atoms with Crippen molar-refractivity contribution < 1.29 is 0 Å². The molecule has 0 heterocycles. The molecule has 0 unspecified atom stereocenters. The number of benzene rings is 11. The van der Waals surface area contributed by atoms with Gasteiger partial charge < -0.3 is 4.90 Å². The van der Waals surface area contributed by atoms with Gasteiger partial charge in [-0.3, -0.25) is 0 Å². The van der Waals surface area contributed by atoms with Crippen LogP contribution in [0.4, 0.5) is 17.1 Å². The van der Waals surface area contributed by atoms with Crippen molar-refractivity contribution in [2.24, 2.45) is 0 Å². The summed E-state index contributed by atoms with van der Waals surface area (Å²) in [5, 5.41) is 2.47. The van der Waals surface area contributed by atoms with Gasteiger partial charge in [-0.15, -0.1) is 0 Å². The first-order valence-electron chi connectivity index (χ1n) is 22.3. The monoisotopic (exact) mass is 827 g/mol. The topological polar surface area (TPSA) is 3.24 Å². The Balaban J connectivity index is 1.06. The number of hydrogen-bond acceptors (Lipinski definition) is 1. The number of nitrogens with zero attached hydrogens (tertiary/aromatic N) is 1. The minimum Gasteiger partial charge on any atom is -0.310 e. The highest BCUT2D eigenvalue weighted by atomic mass is 15.1. The van der Waals surface area contributed by atoms with Crippen molar-refractivity contribution in [1.82, 2.24) is 0 Å². The van der Waals surface area contributed by atoms with Crippen LogP contribution in [0.5, 0.6) is 0 Å². The third kappa shape index (κ3) is 7.93. The first-order valence-corrected chi connectivity index (χ1v) is 22.3. The maximum absolute atomic E-state index is 2.43. The van der Waals surface area contributed by atoms with E-state index >= 15 is 0 Å². The molecule has 11 rings (SSSR count). The predicted octanol–water partition coefficient (Wildman–Crippen LogP) is 18.0. The highest BCUT2D eigenvalue weighted by Crippen LogP contribution is 2.47. The van der Waals surface area contributed by atoms with Crippen LogP contribution in [0.2, 0.25) is 0 Å². The van der Waals surface area contributed by atoms with Gasteiger partial charge in [-0.2, -0.15) is 0 Å². The summed E-state index contributed by atoms with van der Waals surface area (Å²) >= 11 is 0. The first-order chi connectivity index (χ1) is 32.2. The first kappa shape index (κ1) is 39.3. The summed E-state index contributed by atoms with van der Waals surface area (Å²) in [7, 11) is 0. The van der Waals surface area contributed by atoms with Crippen LogP contribution in [0, 0.1) is 0 Å². The van der Waals surface area contributed by atoms with E-state index in [9.17, 15) is 0 Å². The van der Waals surface area contributed by atoms with Gasteiger partial charge in [0.1, 0.15) is 0 Å². The molecule has 0 aliphatic rings. The van der Waals surface area contributed by atoms with Crippen molar-refractivity contribution in [3.8, 4) is 77.9 Å². The van der Waals surface area contributed by atoms with Crippen LogP contribution in [0.25, 0.3) is 88.7 Å². The van der Waals surface area contributed by atoms with Crippen LogP contribution >= 0.6 is 0 Å². The maximum atomic E-state index is 2.43. The van der Waals surface area contributed by atoms with Crippen LogP contribution in [-0.4, -0.2) is 0 Å². The minimum atomic E-state index is 1.08. The van der Waals surface area contributed by atoms with Gasteiger partial charge in [-0.05, 0) is 119 Å². The highest BCUT2D eigenvalue weighted by Gasteiger charge is 2.21. The van der Waals surface area contributed by atoms with Gasteiger partial charge in [-0.1, -0.05) is 237 Å². The number of rotatable bonds is 10. The third-order valence-corrected chi connectivity index (χ3v) is 12.5. The van der Waals surface area contributed by atoms with Crippen molar-refractivity contribution in [1.29, 1.82) is 0 Å². The fraction of sp³-hybridized carbons (Fsp3) is 0. The summed E-state index contributed by atoms with van der Waals surface area (Å²) in [4.78, 5) is 2.43. The number of hydrogen-bond donors (Lipinski definition) is 0. The Kier molecular flexibility index (Phi) is 10.7. The highest BCUT2D eigenvalue weighted by molar-refractivity contribution is 6.00. The van der Waals surface area contributed by atoms with Crippen LogP contribution in [0.15, 0.2) is 273 Å². The lowest BCUT2D eigenvalue weighted by atomic mass is 9.87. The number of fused-ring (bicyclic) bond motifs is 1. The normalized spacial score (nSPS) is 11.1. The summed E-state index contributed by atoms with van der Waals surface area (Å²) in [5.41, 5.74) is 19.9. The Bertz CT molecular complexity index is 3390. The van der Waals surface area contributed by atoms with Crippen LogP contribution in [0.3, 0.4) is 0 Å². The quantitative estimate of drug-likeness (QED) is 0.133. The molecule has 0 amide bonds. The Morgan fingerprint density at radius 2 is 0.631 bits per heavy atom.